The Kier molecular flexibility index (Phi) is 3.81. The van der Waals surface area contributed by atoms with Gasteiger partial charge in [-0.3, -0.25) is 0 Å². The summed E-state index contributed by atoms with van der Waals surface area (Å²) in [4.78, 5) is 0. The third-order valence-corrected chi connectivity index (χ3v) is 2.31. The van der Waals surface area contributed by atoms with Crippen LogP contribution in [0.4, 0.5) is 0 Å². The molecule has 1 saturated heterocycles. The topological polar surface area (TPSA) is 12.0 Å². The van der Waals surface area contributed by atoms with Crippen molar-refractivity contribution in [3.8, 4) is 0 Å². The number of nitrogens with one attached hydrogen (secondary N) is 1. The molecule has 1 atom stereocenters. The fraction of sp³-hybridized carbons (Fsp3) is 1.00. The van der Waals surface area contributed by atoms with Gasteiger partial charge in [-0.25, -0.2) is 0 Å². The van der Waals surface area contributed by atoms with Crippen LogP contribution in [0.15, 0.2) is 0 Å². The van der Waals surface area contributed by atoms with Crippen LogP contribution in [0.25, 0.3) is 0 Å². The molecular weight excluding hydrogens is 122 g/mol. The normalized spacial score (nSPS) is 30.3. The van der Waals surface area contributed by atoms with Crippen molar-refractivity contribution in [2.75, 3.05) is 6.54 Å². The molecule has 0 aliphatic carbocycles. The Labute approximate surface area is 64.2 Å². The summed E-state index contributed by atoms with van der Waals surface area (Å²) in [5.41, 5.74) is 0. The van der Waals surface area contributed by atoms with E-state index in [1.165, 1.54) is 45.1 Å². The minimum absolute atomic E-state index is 0.762. The van der Waals surface area contributed by atoms with E-state index in [9.17, 15) is 0 Å². The van der Waals surface area contributed by atoms with Crippen molar-refractivity contribution in [1.82, 2.24) is 5.32 Å². The molecule has 1 fully saturated rings. The molecule has 0 bridgehead atoms. The molecule has 1 rings (SSSR count). The second-order valence-electron chi connectivity index (χ2n) is 3.41. The minimum atomic E-state index is 0.762. The molecule has 10 heavy (non-hydrogen) atoms. The molecule has 0 aromatic heterocycles. The molecule has 0 radical (unpaired) electrons. The lowest BCUT2D eigenvalue weighted by atomic mass is 10.1. The van der Waals surface area contributed by atoms with Crippen LogP contribution in [0.1, 0.15) is 45.4 Å². The van der Waals surface area contributed by atoms with Crippen molar-refractivity contribution in [3.05, 3.63) is 0 Å². The van der Waals surface area contributed by atoms with Crippen LogP contribution in [0.5, 0.6) is 0 Å². The number of rotatable bonds is 0. The van der Waals surface area contributed by atoms with Gasteiger partial charge in [0, 0.05) is 6.04 Å². The summed E-state index contributed by atoms with van der Waals surface area (Å²) < 4.78 is 0. The van der Waals surface area contributed by atoms with Crippen molar-refractivity contribution >= 4 is 0 Å². The Bertz CT molecular complexity index is 70.8. The van der Waals surface area contributed by atoms with E-state index in [4.69, 9.17) is 0 Å². The zero-order valence-corrected chi connectivity index (χ0v) is 7.03. The molecule has 0 saturated carbocycles. The van der Waals surface area contributed by atoms with Gasteiger partial charge >= 0.3 is 0 Å². The number of hydrogen-bond acceptors (Lipinski definition) is 1. The molecule has 0 aromatic carbocycles. The van der Waals surface area contributed by atoms with Gasteiger partial charge in [0.25, 0.3) is 0 Å². The van der Waals surface area contributed by atoms with E-state index in [1.807, 2.05) is 0 Å². The highest BCUT2D eigenvalue weighted by atomic mass is 14.9. The lowest BCUT2D eigenvalue weighted by Gasteiger charge is -2.10. The molecule has 1 heteroatoms. The Morgan fingerprint density at radius 1 is 1.00 bits per heavy atom. The van der Waals surface area contributed by atoms with E-state index in [-0.39, 0.29) is 0 Å². The van der Waals surface area contributed by atoms with Crippen molar-refractivity contribution < 1.29 is 0 Å². The molecule has 1 unspecified atom stereocenters. The predicted octanol–water partition coefficient (Wildman–Crippen LogP) is 2.32. The van der Waals surface area contributed by atoms with Gasteiger partial charge in [-0.15, -0.1) is 0 Å². The van der Waals surface area contributed by atoms with Gasteiger partial charge in [-0.1, -0.05) is 25.7 Å². The van der Waals surface area contributed by atoms with Gasteiger partial charge < -0.3 is 5.32 Å². The van der Waals surface area contributed by atoms with Crippen LogP contribution in [0.2, 0.25) is 0 Å². The molecule has 1 nitrogen and oxygen atoms in total. The first-order chi connectivity index (χ1) is 4.89. The molecule has 1 heterocycles. The third-order valence-electron chi connectivity index (χ3n) is 2.31. The molecule has 1 N–H and O–H groups in total. The second kappa shape index (κ2) is 4.73. The highest BCUT2D eigenvalue weighted by Crippen LogP contribution is 2.09. The molecule has 0 amide bonds. The van der Waals surface area contributed by atoms with Crippen molar-refractivity contribution in [2.24, 2.45) is 0 Å². The Balaban J connectivity index is 2.15. The van der Waals surface area contributed by atoms with Gasteiger partial charge in [0.05, 0.1) is 0 Å². The van der Waals surface area contributed by atoms with Crippen LogP contribution in [-0.2, 0) is 0 Å². The Morgan fingerprint density at radius 2 is 1.70 bits per heavy atom. The summed E-state index contributed by atoms with van der Waals surface area (Å²) in [5.74, 6) is 0. The Hall–Kier alpha value is -0.0400. The average Bonchev–Trinajstić information content (AvgIpc) is 2.02. The first-order valence-corrected chi connectivity index (χ1v) is 4.63. The van der Waals surface area contributed by atoms with E-state index in [2.05, 4.69) is 12.2 Å². The summed E-state index contributed by atoms with van der Waals surface area (Å²) in [6, 6.07) is 0.762. The van der Waals surface area contributed by atoms with E-state index in [1.54, 1.807) is 0 Å². The fourth-order valence-electron chi connectivity index (χ4n) is 1.56. The van der Waals surface area contributed by atoms with Gasteiger partial charge in [0.15, 0.2) is 0 Å². The third kappa shape index (κ3) is 3.21. The molecule has 60 valence electrons. The standard InChI is InChI=1S/C9H19N/c1-9-7-5-3-2-4-6-8-10-9/h9-10H,2-8H2,1H3. The molecule has 1 aliphatic rings. The van der Waals surface area contributed by atoms with Crippen LogP contribution in [0.3, 0.4) is 0 Å². The summed E-state index contributed by atoms with van der Waals surface area (Å²) in [6.45, 7) is 3.53. The zero-order chi connectivity index (χ0) is 7.23. The van der Waals surface area contributed by atoms with Crippen LogP contribution in [-0.4, -0.2) is 12.6 Å². The lowest BCUT2D eigenvalue weighted by molar-refractivity contribution is 0.507. The van der Waals surface area contributed by atoms with E-state index in [0.29, 0.717) is 0 Å². The first kappa shape index (κ1) is 8.06. The smallest absolute Gasteiger partial charge is 0.00387 e. The van der Waals surface area contributed by atoms with E-state index >= 15 is 0 Å². The first-order valence-electron chi connectivity index (χ1n) is 4.63. The number of hydrogen-bond donors (Lipinski definition) is 1. The summed E-state index contributed by atoms with van der Waals surface area (Å²) in [6.07, 6.45) is 8.51. The summed E-state index contributed by atoms with van der Waals surface area (Å²) >= 11 is 0. The van der Waals surface area contributed by atoms with E-state index < -0.39 is 0 Å². The van der Waals surface area contributed by atoms with Crippen molar-refractivity contribution in [3.63, 3.8) is 0 Å². The highest BCUT2D eigenvalue weighted by Gasteiger charge is 2.02. The van der Waals surface area contributed by atoms with Gasteiger partial charge in [-0.2, -0.15) is 0 Å². The van der Waals surface area contributed by atoms with Crippen molar-refractivity contribution in [2.45, 2.75) is 51.5 Å². The SMILES string of the molecule is CC1CCCCCCCN1. The zero-order valence-electron chi connectivity index (χ0n) is 7.03. The largest absolute Gasteiger partial charge is 0.314 e. The summed E-state index contributed by atoms with van der Waals surface area (Å²) in [5, 5.41) is 3.52. The minimum Gasteiger partial charge on any atom is -0.314 e. The fourth-order valence-corrected chi connectivity index (χ4v) is 1.56. The van der Waals surface area contributed by atoms with Gasteiger partial charge in [0.1, 0.15) is 0 Å². The van der Waals surface area contributed by atoms with Crippen LogP contribution in [0, 0.1) is 0 Å². The predicted molar refractivity (Wildman–Crippen MR) is 45.2 cm³/mol. The maximum atomic E-state index is 3.52. The molecule has 0 aromatic rings. The maximum absolute atomic E-state index is 3.52. The highest BCUT2D eigenvalue weighted by molar-refractivity contribution is 4.62. The monoisotopic (exact) mass is 141 g/mol. The lowest BCUT2D eigenvalue weighted by Crippen LogP contribution is -2.26. The van der Waals surface area contributed by atoms with E-state index in [0.717, 1.165) is 6.04 Å². The Morgan fingerprint density at radius 3 is 2.60 bits per heavy atom. The van der Waals surface area contributed by atoms with Gasteiger partial charge in [0.2, 0.25) is 0 Å². The second-order valence-corrected chi connectivity index (χ2v) is 3.41. The molecule has 1 aliphatic heterocycles. The summed E-state index contributed by atoms with van der Waals surface area (Å²) in [7, 11) is 0. The van der Waals surface area contributed by atoms with Gasteiger partial charge in [-0.05, 0) is 26.3 Å². The average molecular weight is 141 g/mol. The molecule has 0 spiro atoms. The van der Waals surface area contributed by atoms with Crippen LogP contribution >= 0.6 is 0 Å². The quantitative estimate of drug-likeness (QED) is 0.546. The van der Waals surface area contributed by atoms with Crippen molar-refractivity contribution in [1.29, 1.82) is 0 Å². The van der Waals surface area contributed by atoms with Crippen LogP contribution < -0.4 is 5.32 Å². The maximum Gasteiger partial charge on any atom is 0.00387 e. The molecular formula is C9H19N.